The zero-order chi connectivity index (χ0) is 27.8. The second kappa shape index (κ2) is 13.0. The number of carbonyl (C=O) groups is 3. The first-order chi connectivity index (χ1) is 18.2. The molecule has 12 heteroatoms. The number of methoxy groups -OCH3 is 1. The monoisotopic (exact) mass is 545 g/mol. The summed E-state index contributed by atoms with van der Waals surface area (Å²) < 4.78 is 5.43. The Labute approximate surface area is 225 Å². The molecule has 11 nitrogen and oxygen atoms in total. The Kier molecular flexibility index (Phi) is 9.78. The number of amides is 3. The van der Waals surface area contributed by atoms with E-state index in [9.17, 15) is 19.5 Å². The number of imide groups is 1. The third kappa shape index (κ3) is 6.86. The van der Waals surface area contributed by atoms with Gasteiger partial charge >= 0.3 is 12.0 Å². The quantitative estimate of drug-likeness (QED) is 0.276. The summed E-state index contributed by atoms with van der Waals surface area (Å²) in [6, 6.07) is 8.52. The number of carboxylic acids is 1. The summed E-state index contributed by atoms with van der Waals surface area (Å²) in [6.07, 6.45) is 0.743. The summed E-state index contributed by atoms with van der Waals surface area (Å²) in [4.78, 5) is 44.7. The molecule has 2 aromatic carbocycles. The molecular weight excluding hydrogens is 514 g/mol. The predicted molar refractivity (Wildman–Crippen MR) is 143 cm³/mol. The third-order valence-corrected chi connectivity index (χ3v) is 6.38. The number of oxime groups is 1. The van der Waals surface area contributed by atoms with E-state index in [1.54, 1.807) is 31.2 Å². The number of benzene rings is 2. The molecule has 1 heterocycles. The van der Waals surface area contributed by atoms with Gasteiger partial charge in [0, 0.05) is 17.3 Å². The van der Waals surface area contributed by atoms with Gasteiger partial charge in [0.05, 0.1) is 31.2 Å². The summed E-state index contributed by atoms with van der Waals surface area (Å²) in [5.41, 5.74) is 7.31. The SMILES string of the molecule is CCO/N=C1/CN(C(=O)N[C@H](CC)c2ccc(C(=O)O)c(N)c2)C(=O)[C@@H](Cc2cc(Cl)ccc2OC)CN1. The second-order valence-corrected chi connectivity index (χ2v) is 9.12. The van der Waals surface area contributed by atoms with E-state index in [4.69, 9.17) is 26.9 Å². The summed E-state index contributed by atoms with van der Waals surface area (Å²) in [6.45, 7) is 4.05. The standard InChI is InChI=1S/C26H32ClN5O6/c1-4-21(15-6-8-19(25(34)35)20(28)12-15)30-26(36)32-14-23(31-38-5-2)29-13-17(24(32)33)10-16-11-18(27)7-9-22(16)37-3/h6-9,11-12,17,21H,4-5,10,13-14,28H2,1-3H3,(H,29,31)(H,30,36)(H,34,35)/t17-,21+/m0/s1. The number of carbonyl (C=O) groups excluding carboxylic acids is 2. The van der Waals surface area contributed by atoms with E-state index in [0.717, 1.165) is 10.5 Å². The summed E-state index contributed by atoms with van der Waals surface area (Å²) in [5.74, 6) is -1.27. The van der Waals surface area contributed by atoms with E-state index < -0.39 is 29.9 Å². The Morgan fingerprint density at radius 2 is 2.05 bits per heavy atom. The topological polar surface area (TPSA) is 156 Å². The first-order valence-electron chi connectivity index (χ1n) is 12.2. The number of hydrogen-bond donors (Lipinski definition) is 4. The molecule has 0 unspecified atom stereocenters. The van der Waals surface area contributed by atoms with Gasteiger partial charge in [-0.15, -0.1) is 0 Å². The molecule has 2 aromatic rings. The highest BCUT2D eigenvalue weighted by Gasteiger charge is 2.35. The van der Waals surface area contributed by atoms with Gasteiger partial charge in [-0.1, -0.05) is 29.7 Å². The van der Waals surface area contributed by atoms with Crippen molar-refractivity contribution in [2.24, 2.45) is 11.1 Å². The molecule has 1 aliphatic rings. The smallest absolute Gasteiger partial charge is 0.337 e. The van der Waals surface area contributed by atoms with Crippen molar-refractivity contribution in [3.63, 3.8) is 0 Å². The fourth-order valence-corrected chi connectivity index (χ4v) is 4.37. The highest BCUT2D eigenvalue weighted by molar-refractivity contribution is 6.30. The highest BCUT2D eigenvalue weighted by atomic mass is 35.5. The molecule has 1 aliphatic heterocycles. The molecule has 3 rings (SSSR count). The van der Waals surface area contributed by atoms with Crippen molar-refractivity contribution in [1.29, 1.82) is 0 Å². The maximum Gasteiger partial charge on any atom is 0.337 e. The normalized spacial score (nSPS) is 17.4. The molecule has 3 amide bonds. The molecule has 1 fully saturated rings. The lowest BCUT2D eigenvalue weighted by atomic mass is 9.97. The lowest BCUT2D eigenvalue weighted by molar-refractivity contribution is -0.131. The molecule has 204 valence electrons. The van der Waals surface area contributed by atoms with Crippen molar-refractivity contribution in [2.75, 3.05) is 32.5 Å². The minimum Gasteiger partial charge on any atom is -0.496 e. The number of aromatic carboxylic acids is 1. The Morgan fingerprint density at radius 1 is 1.29 bits per heavy atom. The summed E-state index contributed by atoms with van der Waals surface area (Å²) >= 11 is 6.18. The van der Waals surface area contributed by atoms with E-state index in [0.29, 0.717) is 35.2 Å². The van der Waals surface area contributed by atoms with E-state index in [2.05, 4.69) is 15.8 Å². The van der Waals surface area contributed by atoms with E-state index in [1.165, 1.54) is 19.2 Å². The van der Waals surface area contributed by atoms with Crippen LogP contribution in [-0.4, -0.2) is 60.6 Å². The zero-order valence-corrected chi connectivity index (χ0v) is 22.2. The van der Waals surface area contributed by atoms with Gasteiger partial charge < -0.3 is 31.0 Å². The van der Waals surface area contributed by atoms with Crippen LogP contribution >= 0.6 is 11.6 Å². The van der Waals surface area contributed by atoms with Crippen molar-refractivity contribution in [3.8, 4) is 5.75 Å². The fraction of sp³-hybridized carbons (Fsp3) is 0.385. The Balaban J connectivity index is 1.88. The van der Waals surface area contributed by atoms with Crippen molar-refractivity contribution in [3.05, 3.63) is 58.1 Å². The number of rotatable bonds is 9. The zero-order valence-electron chi connectivity index (χ0n) is 21.5. The van der Waals surface area contributed by atoms with E-state index in [-0.39, 0.29) is 30.8 Å². The highest BCUT2D eigenvalue weighted by Crippen LogP contribution is 2.27. The summed E-state index contributed by atoms with van der Waals surface area (Å²) in [7, 11) is 1.53. The van der Waals surface area contributed by atoms with Crippen LogP contribution < -0.4 is 21.1 Å². The third-order valence-electron chi connectivity index (χ3n) is 6.15. The van der Waals surface area contributed by atoms with Gasteiger partial charge in [-0.3, -0.25) is 9.69 Å². The van der Waals surface area contributed by atoms with Gasteiger partial charge in [0.2, 0.25) is 5.91 Å². The number of nitrogens with two attached hydrogens (primary N) is 1. The lowest BCUT2D eigenvalue weighted by Crippen LogP contribution is -2.48. The number of nitrogens with one attached hydrogen (secondary N) is 2. The average molecular weight is 546 g/mol. The summed E-state index contributed by atoms with van der Waals surface area (Å²) in [5, 5.41) is 19.8. The Morgan fingerprint density at radius 3 is 2.68 bits per heavy atom. The van der Waals surface area contributed by atoms with E-state index in [1.807, 2.05) is 6.92 Å². The van der Waals surface area contributed by atoms with Crippen molar-refractivity contribution in [2.45, 2.75) is 32.7 Å². The predicted octanol–water partition coefficient (Wildman–Crippen LogP) is 3.43. The Hall–Kier alpha value is -3.99. The van der Waals surface area contributed by atoms with Crippen LogP contribution in [-0.2, 0) is 16.1 Å². The number of ether oxygens (including phenoxy) is 1. The van der Waals surface area contributed by atoms with Crippen LogP contribution in [0.25, 0.3) is 0 Å². The molecule has 5 N–H and O–H groups in total. The molecule has 0 saturated carbocycles. The van der Waals surface area contributed by atoms with Crippen molar-refractivity contribution < 1.29 is 29.1 Å². The van der Waals surface area contributed by atoms with Crippen LogP contribution in [0.4, 0.5) is 10.5 Å². The van der Waals surface area contributed by atoms with Crippen LogP contribution in [0.3, 0.4) is 0 Å². The van der Waals surface area contributed by atoms with Gasteiger partial charge in [0.15, 0.2) is 5.84 Å². The van der Waals surface area contributed by atoms with Gasteiger partial charge in [-0.2, -0.15) is 0 Å². The molecular formula is C26H32ClN5O6. The van der Waals surface area contributed by atoms with Crippen molar-refractivity contribution >= 4 is 41.0 Å². The molecule has 2 atom stereocenters. The Bertz CT molecular complexity index is 1220. The van der Waals surface area contributed by atoms with Gasteiger partial charge in [-0.05, 0) is 61.2 Å². The average Bonchev–Trinajstić information content (AvgIpc) is 3.04. The van der Waals surface area contributed by atoms with Crippen LogP contribution in [0.15, 0.2) is 41.6 Å². The number of carboxylic acid groups (broad SMARTS) is 1. The molecule has 0 aromatic heterocycles. The largest absolute Gasteiger partial charge is 0.496 e. The number of amidine groups is 1. The van der Waals surface area contributed by atoms with Crippen LogP contribution in [0, 0.1) is 5.92 Å². The number of anilines is 1. The van der Waals surface area contributed by atoms with Crippen LogP contribution in [0.5, 0.6) is 5.75 Å². The lowest BCUT2D eigenvalue weighted by Gasteiger charge is -2.26. The molecule has 0 spiro atoms. The van der Waals surface area contributed by atoms with Crippen molar-refractivity contribution in [1.82, 2.24) is 15.5 Å². The molecule has 0 aliphatic carbocycles. The number of urea groups is 1. The minimum absolute atomic E-state index is 0.0280. The molecule has 38 heavy (non-hydrogen) atoms. The number of nitrogen functional groups attached to an aromatic ring is 1. The maximum absolute atomic E-state index is 13.6. The van der Waals surface area contributed by atoms with E-state index >= 15 is 0 Å². The maximum atomic E-state index is 13.6. The number of nitrogens with zero attached hydrogens (tertiary/aromatic N) is 2. The number of hydrogen-bond acceptors (Lipinski definition) is 7. The van der Waals surface area contributed by atoms with Crippen LogP contribution in [0.2, 0.25) is 5.02 Å². The van der Waals surface area contributed by atoms with Gasteiger partial charge in [0.25, 0.3) is 0 Å². The first kappa shape index (κ1) is 28.6. The number of halogens is 1. The molecule has 0 radical (unpaired) electrons. The van der Waals surface area contributed by atoms with Gasteiger partial charge in [-0.25, -0.2) is 9.59 Å². The van der Waals surface area contributed by atoms with Crippen LogP contribution in [0.1, 0.15) is 47.8 Å². The second-order valence-electron chi connectivity index (χ2n) is 8.68. The molecule has 1 saturated heterocycles. The fourth-order valence-electron chi connectivity index (χ4n) is 4.18. The minimum atomic E-state index is -1.14. The first-order valence-corrected chi connectivity index (χ1v) is 12.6. The van der Waals surface area contributed by atoms with Gasteiger partial charge in [0.1, 0.15) is 12.4 Å². The molecule has 0 bridgehead atoms.